The van der Waals surface area contributed by atoms with Crippen LogP contribution >= 0.6 is 0 Å². The quantitative estimate of drug-likeness (QED) is 0.885. The van der Waals surface area contributed by atoms with E-state index in [-0.39, 0.29) is 17.7 Å². The van der Waals surface area contributed by atoms with Gasteiger partial charge < -0.3 is 20.1 Å². The fraction of sp³-hybridized carbons (Fsp3) is 0.429. The summed E-state index contributed by atoms with van der Waals surface area (Å²) in [7, 11) is 1.62. The average molecular weight is 278 g/mol. The molecule has 1 fully saturated rings. The van der Waals surface area contributed by atoms with E-state index in [4.69, 9.17) is 9.84 Å². The summed E-state index contributed by atoms with van der Waals surface area (Å²) in [5.41, 5.74) is 1.25. The number of carbonyl (C=O) groups is 2. The number of hydrogen-bond donors (Lipinski definition) is 2. The van der Waals surface area contributed by atoms with Crippen molar-refractivity contribution in [3.05, 3.63) is 29.3 Å². The summed E-state index contributed by atoms with van der Waals surface area (Å²) in [5.74, 6) is -1.06. The van der Waals surface area contributed by atoms with Crippen LogP contribution in [-0.2, 0) is 4.74 Å². The number of hydrogen-bond acceptors (Lipinski definition) is 3. The fourth-order valence-electron chi connectivity index (χ4n) is 2.24. The number of amides is 2. The molecule has 20 heavy (non-hydrogen) atoms. The summed E-state index contributed by atoms with van der Waals surface area (Å²) >= 11 is 0. The molecule has 2 N–H and O–H groups in total. The van der Waals surface area contributed by atoms with Gasteiger partial charge in [0.2, 0.25) is 0 Å². The number of aromatic carboxylic acids is 1. The van der Waals surface area contributed by atoms with Gasteiger partial charge in [0.05, 0.1) is 17.4 Å². The maximum atomic E-state index is 12.1. The average Bonchev–Trinajstić information content (AvgIpc) is 2.89. The van der Waals surface area contributed by atoms with Gasteiger partial charge in [-0.1, -0.05) is 11.6 Å². The van der Waals surface area contributed by atoms with Crippen LogP contribution in [0.5, 0.6) is 0 Å². The first kappa shape index (κ1) is 14.3. The van der Waals surface area contributed by atoms with Crippen LogP contribution in [0, 0.1) is 6.92 Å². The lowest BCUT2D eigenvalue weighted by Gasteiger charge is -2.18. The number of ether oxygens (including phenoxy) is 1. The van der Waals surface area contributed by atoms with Crippen molar-refractivity contribution in [1.29, 1.82) is 0 Å². The van der Waals surface area contributed by atoms with Crippen LogP contribution in [0.4, 0.5) is 10.5 Å². The van der Waals surface area contributed by atoms with Crippen LogP contribution in [0.25, 0.3) is 0 Å². The molecule has 0 bridgehead atoms. The van der Waals surface area contributed by atoms with E-state index in [0.717, 1.165) is 12.0 Å². The summed E-state index contributed by atoms with van der Waals surface area (Å²) in [5, 5.41) is 11.8. The lowest BCUT2D eigenvalue weighted by molar-refractivity contribution is 0.0698. The van der Waals surface area contributed by atoms with E-state index in [0.29, 0.717) is 18.8 Å². The highest BCUT2D eigenvalue weighted by molar-refractivity contribution is 6.00. The second-order valence-corrected chi connectivity index (χ2v) is 4.88. The molecule has 2 amide bonds. The van der Waals surface area contributed by atoms with E-state index >= 15 is 0 Å². The van der Waals surface area contributed by atoms with Gasteiger partial charge in [0, 0.05) is 20.2 Å². The Morgan fingerprint density at radius 3 is 2.80 bits per heavy atom. The smallest absolute Gasteiger partial charge is 0.337 e. The number of aryl methyl sites for hydroxylation is 1. The molecule has 1 aliphatic rings. The molecule has 0 aliphatic carbocycles. The van der Waals surface area contributed by atoms with Crippen molar-refractivity contribution in [1.82, 2.24) is 4.90 Å². The second-order valence-electron chi connectivity index (χ2n) is 4.88. The maximum Gasteiger partial charge on any atom is 0.337 e. The van der Waals surface area contributed by atoms with E-state index in [9.17, 15) is 9.59 Å². The SMILES string of the molecule is COC1CCN(C(=O)Nc2ccc(C)cc2C(=O)O)C1. The highest BCUT2D eigenvalue weighted by Gasteiger charge is 2.26. The predicted octanol–water partition coefficient (Wildman–Crippen LogP) is 1.95. The van der Waals surface area contributed by atoms with E-state index in [1.165, 1.54) is 0 Å². The number of carbonyl (C=O) groups excluding carboxylic acids is 1. The molecule has 1 aromatic rings. The molecule has 1 aliphatic heterocycles. The third kappa shape index (κ3) is 3.08. The molecule has 0 radical (unpaired) electrons. The zero-order valence-electron chi connectivity index (χ0n) is 11.5. The number of likely N-dealkylation sites (tertiary alicyclic amines) is 1. The molecule has 1 unspecified atom stereocenters. The molecule has 1 aromatic carbocycles. The van der Waals surface area contributed by atoms with Crippen LogP contribution in [0.3, 0.4) is 0 Å². The number of carboxylic acid groups (broad SMARTS) is 1. The zero-order valence-corrected chi connectivity index (χ0v) is 11.5. The highest BCUT2D eigenvalue weighted by atomic mass is 16.5. The van der Waals surface area contributed by atoms with Gasteiger partial charge in [-0.25, -0.2) is 9.59 Å². The molecule has 0 saturated carbocycles. The molecule has 0 aromatic heterocycles. The van der Waals surface area contributed by atoms with Crippen molar-refractivity contribution in [3.8, 4) is 0 Å². The molecule has 2 rings (SSSR count). The molecular formula is C14H18N2O4. The lowest BCUT2D eigenvalue weighted by atomic mass is 10.1. The summed E-state index contributed by atoms with van der Waals surface area (Å²) in [6.45, 7) is 2.94. The topological polar surface area (TPSA) is 78.9 Å². The Morgan fingerprint density at radius 2 is 2.20 bits per heavy atom. The summed E-state index contributed by atoms with van der Waals surface area (Å²) in [4.78, 5) is 24.9. The van der Waals surface area contributed by atoms with Gasteiger partial charge in [-0.3, -0.25) is 0 Å². The first-order valence-corrected chi connectivity index (χ1v) is 6.44. The van der Waals surface area contributed by atoms with Gasteiger partial charge in [0.15, 0.2) is 0 Å². The third-order valence-corrected chi connectivity index (χ3v) is 3.41. The van der Waals surface area contributed by atoms with Crippen molar-refractivity contribution in [2.24, 2.45) is 0 Å². The van der Waals surface area contributed by atoms with Crippen LogP contribution in [0.15, 0.2) is 18.2 Å². The zero-order chi connectivity index (χ0) is 14.7. The van der Waals surface area contributed by atoms with Gasteiger partial charge in [-0.15, -0.1) is 0 Å². The molecule has 6 heteroatoms. The Labute approximate surface area is 117 Å². The monoisotopic (exact) mass is 278 g/mol. The van der Waals surface area contributed by atoms with E-state index < -0.39 is 5.97 Å². The van der Waals surface area contributed by atoms with Gasteiger partial charge >= 0.3 is 12.0 Å². The first-order valence-electron chi connectivity index (χ1n) is 6.44. The highest BCUT2D eigenvalue weighted by Crippen LogP contribution is 2.19. The summed E-state index contributed by atoms with van der Waals surface area (Å²) in [6, 6.07) is 4.63. The number of urea groups is 1. The Balaban J connectivity index is 2.10. The van der Waals surface area contributed by atoms with Crippen molar-refractivity contribution in [2.45, 2.75) is 19.4 Å². The fourth-order valence-corrected chi connectivity index (χ4v) is 2.24. The normalized spacial score (nSPS) is 18.1. The van der Waals surface area contributed by atoms with E-state index in [1.807, 2.05) is 6.92 Å². The van der Waals surface area contributed by atoms with E-state index in [1.54, 1.807) is 30.2 Å². The number of nitrogens with zero attached hydrogens (tertiary/aromatic N) is 1. The van der Waals surface area contributed by atoms with Crippen molar-refractivity contribution in [2.75, 3.05) is 25.5 Å². The standard InChI is InChI=1S/C14H18N2O4/c1-9-3-4-12(11(7-9)13(17)18)15-14(19)16-6-5-10(8-16)20-2/h3-4,7,10H,5-6,8H2,1-2H3,(H,15,19)(H,17,18). The molecule has 1 saturated heterocycles. The Hall–Kier alpha value is -2.08. The van der Waals surface area contributed by atoms with Crippen LogP contribution in [-0.4, -0.2) is 48.3 Å². The van der Waals surface area contributed by atoms with Crippen LogP contribution in [0.2, 0.25) is 0 Å². The van der Waals surface area contributed by atoms with Gasteiger partial charge in [-0.05, 0) is 25.5 Å². The Kier molecular flexibility index (Phi) is 4.24. The third-order valence-electron chi connectivity index (χ3n) is 3.41. The molecule has 1 heterocycles. The molecule has 1 atom stereocenters. The Bertz CT molecular complexity index is 530. The van der Waals surface area contributed by atoms with Crippen molar-refractivity contribution >= 4 is 17.7 Å². The Morgan fingerprint density at radius 1 is 1.45 bits per heavy atom. The number of carboxylic acids is 1. The van der Waals surface area contributed by atoms with E-state index in [2.05, 4.69) is 5.32 Å². The number of anilines is 1. The van der Waals surface area contributed by atoms with Gasteiger partial charge in [0.1, 0.15) is 0 Å². The number of benzene rings is 1. The van der Waals surface area contributed by atoms with Crippen LogP contribution < -0.4 is 5.32 Å². The predicted molar refractivity (Wildman–Crippen MR) is 74.1 cm³/mol. The minimum absolute atomic E-state index is 0.0534. The minimum Gasteiger partial charge on any atom is -0.478 e. The van der Waals surface area contributed by atoms with Gasteiger partial charge in [-0.2, -0.15) is 0 Å². The molecular weight excluding hydrogens is 260 g/mol. The number of methoxy groups -OCH3 is 1. The van der Waals surface area contributed by atoms with Crippen LogP contribution in [0.1, 0.15) is 22.3 Å². The minimum atomic E-state index is -1.06. The molecule has 0 spiro atoms. The second kappa shape index (κ2) is 5.92. The van der Waals surface area contributed by atoms with Gasteiger partial charge in [0.25, 0.3) is 0 Å². The molecule has 108 valence electrons. The molecule has 6 nitrogen and oxygen atoms in total. The van der Waals surface area contributed by atoms with Crippen molar-refractivity contribution in [3.63, 3.8) is 0 Å². The number of rotatable bonds is 3. The number of nitrogens with one attached hydrogen (secondary N) is 1. The lowest BCUT2D eigenvalue weighted by Crippen LogP contribution is -2.34. The summed E-state index contributed by atoms with van der Waals surface area (Å²) < 4.78 is 5.20. The largest absolute Gasteiger partial charge is 0.478 e. The summed E-state index contributed by atoms with van der Waals surface area (Å²) in [6.07, 6.45) is 0.849. The maximum absolute atomic E-state index is 12.1. The first-order chi connectivity index (χ1) is 9.51. The van der Waals surface area contributed by atoms with Crippen molar-refractivity contribution < 1.29 is 19.4 Å².